The summed E-state index contributed by atoms with van der Waals surface area (Å²) in [7, 11) is -3.54. The fourth-order valence-corrected chi connectivity index (χ4v) is 4.00. The number of amides is 2. The van der Waals surface area contributed by atoms with Crippen LogP contribution < -0.4 is 15.4 Å². The predicted octanol–water partition coefficient (Wildman–Crippen LogP) is 3.36. The molecular formula is C21H25N3O4S. The standard InChI is InChI=1S/C21H25N3O4S/c1-14(2)13-20(25)22-16-5-7-17(8-6-16)23-21(26)15-3-11-19(12-4-15)29(27,28)24-18-9-10-18/h3-8,11-12,14,18,24H,9-10,13H2,1-2H3,(H,22,25)(H,23,26). The van der Waals surface area contributed by atoms with E-state index in [1.807, 2.05) is 13.8 Å². The van der Waals surface area contributed by atoms with Gasteiger partial charge in [0.25, 0.3) is 5.91 Å². The minimum Gasteiger partial charge on any atom is -0.326 e. The molecule has 1 fully saturated rings. The highest BCUT2D eigenvalue weighted by molar-refractivity contribution is 7.89. The highest BCUT2D eigenvalue weighted by atomic mass is 32.2. The van der Waals surface area contributed by atoms with Crippen molar-refractivity contribution < 1.29 is 18.0 Å². The quantitative estimate of drug-likeness (QED) is 0.615. The Labute approximate surface area is 171 Å². The lowest BCUT2D eigenvalue weighted by Crippen LogP contribution is -2.25. The highest BCUT2D eigenvalue weighted by Gasteiger charge is 2.27. The van der Waals surface area contributed by atoms with Crippen LogP contribution in [0.5, 0.6) is 0 Å². The van der Waals surface area contributed by atoms with Crippen molar-refractivity contribution in [1.29, 1.82) is 0 Å². The van der Waals surface area contributed by atoms with E-state index < -0.39 is 10.0 Å². The van der Waals surface area contributed by atoms with Crippen LogP contribution in [0.25, 0.3) is 0 Å². The van der Waals surface area contributed by atoms with Crippen LogP contribution in [0.1, 0.15) is 43.5 Å². The Morgan fingerprint density at radius 2 is 1.48 bits per heavy atom. The van der Waals surface area contributed by atoms with Crippen molar-refractivity contribution in [3.8, 4) is 0 Å². The maximum Gasteiger partial charge on any atom is 0.255 e. The van der Waals surface area contributed by atoms with Crippen LogP contribution >= 0.6 is 0 Å². The van der Waals surface area contributed by atoms with Crippen LogP contribution in [0.2, 0.25) is 0 Å². The van der Waals surface area contributed by atoms with Crippen molar-refractivity contribution in [2.24, 2.45) is 5.92 Å². The fraction of sp³-hybridized carbons (Fsp3) is 0.333. The molecule has 0 heterocycles. The van der Waals surface area contributed by atoms with E-state index in [0.717, 1.165) is 12.8 Å². The summed E-state index contributed by atoms with van der Waals surface area (Å²) in [5, 5.41) is 5.56. The van der Waals surface area contributed by atoms with Crippen molar-refractivity contribution in [3.05, 3.63) is 54.1 Å². The lowest BCUT2D eigenvalue weighted by Gasteiger charge is -2.10. The van der Waals surface area contributed by atoms with Crippen molar-refractivity contribution in [1.82, 2.24) is 4.72 Å². The summed E-state index contributed by atoms with van der Waals surface area (Å²) < 4.78 is 27.0. The van der Waals surface area contributed by atoms with Crippen molar-refractivity contribution >= 4 is 33.2 Å². The minimum absolute atomic E-state index is 0.0288. The van der Waals surface area contributed by atoms with Gasteiger partial charge in [0.15, 0.2) is 0 Å². The Hall–Kier alpha value is -2.71. The molecule has 0 bridgehead atoms. The van der Waals surface area contributed by atoms with Gasteiger partial charge in [-0.25, -0.2) is 13.1 Å². The number of benzene rings is 2. The van der Waals surface area contributed by atoms with Gasteiger partial charge in [0, 0.05) is 29.4 Å². The number of hydrogen-bond acceptors (Lipinski definition) is 4. The second-order valence-corrected chi connectivity index (χ2v) is 9.31. The van der Waals surface area contributed by atoms with Crippen molar-refractivity contribution in [2.45, 2.75) is 44.0 Å². The third-order valence-electron chi connectivity index (χ3n) is 4.35. The molecule has 0 spiro atoms. The van der Waals surface area contributed by atoms with Gasteiger partial charge in [-0.15, -0.1) is 0 Å². The van der Waals surface area contributed by atoms with Crippen LogP contribution in [-0.4, -0.2) is 26.3 Å². The number of nitrogens with one attached hydrogen (secondary N) is 3. The number of carbonyl (C=O) groups is 2. The molecule has 3 N–H and O–H groups in total. The molecule has 1 saturated carbocycles. The summed E-state index contributed by atoms with van der Waals surface area (Å²) in [4.78, 5) is 24.3. The Balaban J connectivity index is 1.59. The van der Waals surface area contributed by atoms with E-state index in [0.29, 0.717) is 23.4 Å². The normalized spacial score (nSPS) is 13.9. The average Bonchev–Trinajstić information content (AvgIpc) is 3.46. The van der Waals surface area contributed by atoms with Gasteiger partial charge in [-0.05, 0) is 67.3 Å². The van der Waals surface area contributed by atoms with Crippen LogP contribution in [0.4, 0.5) is 11.4 Å². The van der Waals surface area contributed by atoms with E-state index in [9.17, 15) is 18.0 Å². The summed E-state index contributed by atoms with van der Waals surface area (Å²) in [5.74, 6) is -0.122. The largest absolute Gasteiger partial charge is 0.326 e. The molecule has 0 aliphatic heterocycles. The smallest absolute Gasteiger partial charge is 0.255 e. The van der Waals surface area contributed by atoms with Gasteiger partial charge in [0.05, 0.1) is 4.90 Å². The molecule has 0 atom stereocenters. The molecular weight excluding hydrogens is 390 g/mol. The first-order chi connectivity index (χ1) is 13.7. The van der Waals surface area contributed by atoms with E-state index >= 15 is 0 Å². The van der Waals surface area contributed by atoms with E-state index in [1.54, 1.807) is 24.3 Å². The second kappa shape index (κ2) is 8.75. The molecule has 2 aromatic carbocycles. The molecule has 2 amide bonds. The first-order valence-corrected chi connectivity index (χ1v) is 11.0. The van der Waals surface area contributed by atoms with Crippen LogP contribution in [0, 0.1) is 5.92 Å². The van der Waals surface area contributed by atoms with Crippen molar-refractivity contribution in [3.63, 3.8) is 0 Å². The minimum atomic E-state index is -3.54. The highest BCUT2D eigenvalue weighted by Crippen LogP contribution is 2.22. The lowest BCUT2D eigenvalue weighted by atomic mass is 10.1. The van der Waals surface area contributed by atoms with Gasteiger partial charge >= 0.3 is 0 Å². The van der Waals surface area contributed by atoms with Crippen molar-refractivity contribution in [2.75, 3.05) is 10.6 Å². The molecule has 2 aromatic rings. The zero-order valence-electron chi connectivity index (χ0n) is 16.4. The van der Waals surface area contributed by atoms with E-state index in [4.69, 9.17) is 0 Å². The predicted molar refractivity (Wildman–Crippen MR) is 112 cm³/mol. The summed E-state index contributed by atoms with van der Waals surface area (Å²) in [6.45, 7) is 3.95. The van der Waals surface area contributed by atoms with Crippen LogP contribution in [-0.2, 0) is 14.8 Å². The number of rotatable bonds is 8. The van der Waals surface area contributed by atoms with E-state index in [-0.39, 0.29) is 28.7 Å². The maximum absolute atomic E-state index is 12.4. The van der Waals surface area contributed by atoms with Gasteiger partial charge in [-0.3, -0.25) is 9.59 Å². The number of carbonyl (C=O) groups excluding carboxylic acids is 2. The lowest BCUT2D eigenvalue weighted by molar-refractivity contribution is -0.116. The van der Waals surface area contributed by atoms with E-state index in [1.165, 1.54) is 24.3 Å². The summed E-state index contributed by atoms with van der Waals surface area (Å²) >= 11 is 0. The molecule has 0 aromatic heterocycles. The zero-order valence-corrected chi connectivity index (χ0v) is 17.3. The third-order valence-corrected chi connectivity index (χ3v) is 5.88. The van der Waals surface area contributed by atoms with Gasteiger partial charge in [-0.2, -0.15) is 0 Å². The molecule has 29 heavy (non-hydrogen) atoms. The monoisotopic (exact) mass is 415 g/mol. The number of anilines is 2. The van der Waals surface area contributed by atoms with Crippen LogP contribution in [0.15, 0.2) is 53.4 Å². The molecule has 0 unspecified atom stereocenters. The first-order valence-electron chi connectivity index (χ1n) is 9.56. The topological polar surface area (TPSA) is 104 Å². The Bertz CT molecular complexity index is 980. The summed E-state index contributed by atoms with van der Waals surface area (Å²) in [6.07, 6.45) is 2.17. The average molecular weight is 416 g/mol. The SMILES string of the molecule is CC(C)CC(=O)Nc1ccc(NC(=O)c2ccc(S(=O)(=O)NC3CC3)cc2)cc1. The summed E-state index contributed by atoms with van der Waals surface area (Å²) in [5.41, 5.74) is 1.58. The van der Waals surface area contributed by atoms with E-state index in [2.05, 4.69) is 15.4 Å². The first kappa shape index (κ1) is 21.0. The third kappa shape index (κ3) is 6.13. The molecule has 7 nitrogen and oxygen atoms in total. The fourth-order valence-electron chi connectivity index (χ4n) is 2.70. The Kier molecular flexibility index (Phi) is 6.34. The molecule has 1 aliphatic rings. The van der Waals surface area contributed by atoms with Crippen LogP contribution in [0.3, 0.4) is 0 Å². The molecule has 3 rings (SSSR count). The molecule has 154 valence electrons. The van der Waals surface area contributed by atoms with Gasteiger partial charge in [-0.1, -0.05) is 13.8 Å². The Morgan fingerprint density at radius 1 is 0.931 bits per heavy atom. The maximum atomic E-state index is 12.4. The second-order valence-electron chi connectivity index (χ2n) is 7.60. The summed E-state index contributed by atoms with van der Waals surface area (Å²) in [6, 6.07) is 12.7. The number of sulfonamides is 1. The molecule has 1 aliphatic carbocycles. The molecule has 0 saturated heterocycles. The van der Waals surface area contributed by atoms with Gasteiger partial charge in [0.1, 0.15) is 0 Å². The molecule has 8 heteroatoms. The van der Waals surface area contributed by atoms with Gasteiger partial charge in [0.2, 0.25) is 15.9 Å². The molecule has 0 radical (unpaired) electrons. The van der Waals surface area contributed by atoms with Gasteiger partial charge < -0.3 is 10.6 Å². The zero-order chi connectivity index (χ0) is 21.0. The number of hydrogen-bond donors (Lipinski definition) is 3. The Morgan fingerprint density at radius 3 is 2.00 bits per heavy atom.